The first-order valence-electron chi connectivity index (χ1n) is 7.50. The van der Waals surface area contributed by atoms with E-state index in [0.717, 1.165) is 40.3 Å². The van der Waals surface area contributed by atoms with Crippen molar-refractivity contribution in [2.24, 2.45) is 7.05 Å². The van der Waals surface area contributed by atoms with Crippen LogP contribution < -0.4 is 4.74 Å². The molecule has 3 aromatic rings. The molecule has 120 valence electrons. The van der Waals surface area contributed by atoms with Crippen LogP contribution in [0.5, 0.6) is 5.75 Å². The van der Waals surface area contributed by atoms with Gasteiger partial charge in [0, 0.05) is 23.6 Å². The molecule has 3 rings (SSSR count). The van der Waals surface area contributed by atoms with Crippen molar-refractivity contribution in [1.82, 2.24) is 25.2 Å². The van der Waals surface area contributed by atoms with Gasteiger partial charge in [-0.1, -0.05) is 0 Å². The average Bonchev–Trinajstić information content (AvgIpc) is 3.17. The molecule has 0 aliphatic rings. The molecular formula is C16H19N5OS. The number of benzene rings is 1. The largest absolute Gasteiger partial charge is 0.493 e. The fourth-order valence-electron chi connectivity index (χ4n) is 2.48. The second-order valence-electron chi connectivity index (χ2n) is 5.42. The minimum atomic E-state index is 0.633. The predicted molar refractivity (Wildman–Crippen MR) is 89.6 cm³/mol. The molecule has 0 aliphatic heterocycles. The molecule has 23 heavy (non-hydrogen) atoms. The molecule has 0 unspecified atom stereocenters. The highest BCUT2D eigenvalue weighted by Crippen LogP contribution is 2.28. The lowest BCUT2D eigenvalue weighted by Crippen LogP contribution is -2.02. The summed E-state index contributed by atoms with van der Waals surface area (Å²) in [6, 6.07) is 4.08. The summed E-state index contributed by atoms with van der Waals surface area (Å²) in [5, 5.41) is 15.3. The van der Waals surface area contributed by atoms with Crippen molar-refractivity contribution in [3.05, 3.63) is 39.8 Å². The summed E-state index contributed by atoms with van der Waals surface area (Å²) >= 11 is 1.69. The van der Waals surface area contributed by atoms with Crippen LogP contribution in [-0.4, -0.2) is 31.8 Å². The smallest absolute Gasteiger partial charge is 0.204 e. The van der Waals surface area contributed by atoms with Crippen molar-refractivity contribution in [3.63, 3.8) is 0 Å². The monoisotopic (exact) mass is 329 g/mol. The van der Waals surface area contributed by atoms with Crippen molar-refractivity contribution in [2.45, 2.75) is 26.7 Å². The van der Waals surface area contributed by atoms with Crippen LogP contribution in [0.25, 0.3) is 11.4 Å². The van der Waals surface area contributed by atoms with Crippen LogP contribution in [0.1, 0.15) is 22.6 Å². The molecule has 0 saturated heterocycles. The van der Waals surface area contributed by atoms with Crippen LogP contribution in [0.4, 0.5) is 0 Å². The third-order valence-corrected chi connectivity index (χ3v) is 4.33. The van der Waals surface area contributed by atoms with Gasteiger partial charge in [-0.15, -0.1) is 21.5 Å². The van der Waals surface area contributed by atoms with E-state index < -0.39 is 0 Å². The van der Waals surface area contributed by atoms with Gasteiger partial charge in [0.1, 0.15) is 5.75 Å². The Morgan fingerprint density at radius 3 is 2.61 bits per heavy atom. The van der Waals surface area contributed by atoms with Crippen molar-refractivity contribution in [2.75, 3.05) is 6.61 Å². The maximum absolute atomic E-state index is 5.98. The molecule has 0 radical (unpaired) electrons. The van der Waals surface area contributed by atoms with E-state index in [1.807, 2.05) is 37.6 Å². The van der Waals surface area contributed by atoms with Crippen molar-refractivity contribution in [1.29, 1.82) is 0 Å². The number of ether oxygens (including phenoxy) is 1. The Hall–Kier alpha value is -2.28. The second kappa shape index (κ2) is 6.87. The lowest BCUT2D eigenvalue weighted by molar-refractivity contribution is 0.307. The Labute approximate surface area is 139 Å². The minimum Gasteiger partial charge on any atom is -0.493 e. The van der Waals surface area contributed by atoms with Gasteiger partial charge in [-0.2, -0.15) is 4.80 Å². The molecule has 0 N–H and O–H groups in total. The predicted octanol–water partition coefficient (Wildman–Crippen LogP) is 2.96. The number of hydrogen-bond donors (Lipinski definition) is 0. The summed E-state index contributed by atoms with van der Waals surface area (Å²) < 4.78 is 5.98. The van der Waals surface area contributed by atoms with E-state index in [2.05, 4.69) is 20.4 Å². The first-order chi connectivity index (χ1) is 11.1. The summed E-state index contributed by atoms with van der Waals surface area (Å²) in [6.45, 7) is 4.77. The molecule has 0 saturated carbocycles. The van der Waals surface area contributed by atoms with E-state index in [4.69, 9.17) is 4.74 Å². The number of hydrogen-bond acceptors (Lipinski definition) is 6. The van der Waals surface area contributed by atoms with E-state index in [0.29, 0.717) is 12.4 Å². The van der Waals surface area contributed by atoms with Crippen molar-refractivity contribution in [3.8, 4) is 17.1 Å². The SMILES string of the molecule is Cc1cc(-c2nnn(C)n2)cc(C)c1OCCCc1nccs1. The second-order valence-corrected chi connectivity index (χ2v) is 6.40. The number of aryl methyl sites for hydroxylation is 4. The first kappa shape index (κ1) is 15.6. The van der Waals surface area contributed by atoms with Crippen LogP contribution in [0.3, 0.4) is 0 Å². The lowest BCUT2D eigenvalue weighted by atomic mass is 10.1. The fourth-order valence-corrected chi connectivity index (χ4v) is 3.14. The van der Waals surface area contributed by atoms with Gasteiger partial charge in [0.2, 0.25) is 5.82 Å². The van der Waals surface area contributed by atoms with Crippen LogP contribution in [0, 0.1) is 13.8 Å². The van der Waals surface area contributed by atoms with E-state index >= 15 is 0 Å². The molecule has 0 spiro atoms. The van der Waals surface area contributed by atoms with Gasteiger partial charge in [-0.3, -0.25) is 0 Å². The average molecular weight is 329 g/mol. The zero-order valence-corrected chi connectivity index (χ0v) is 14.3. The summed E-state index contributed by atoms with van der Waals surface area (Å²) in [7, 11) is 1.76. The highest BCUT2D eigenvalue weighted by Gasteiger charge is 2.11. The highest BCUT2D eigenvalue weighted by atomic mass is 32.1. The van der Waals surface area contributed by atoms with Crippen LogP contribution >= 0.6 is 11.3 Å². The topological polar surface area (TPSA) is 65.7 Å². The number of nitrogens with zero attached hydrogens (tertiary/aromatic N) is 5. The molecule has 0 atom stereocenters. The molecule has 2 heterocycles. The molecule has 7 heteroatoms. The third kappa shape index (κ3) is 3.73. The lowest BCUT2D eigenvalue weighted by Gasteiger charge is -2.13. The molecule has 6 nitrogen and oxygen atoms in total. The van der Waals surface area contributed by atoms with Crippen molar-refractivity contribution >= 4 is 11.3 Å². The zero-order valence-electron chi connectivity index (χ0n) is 13.5. The maximum atomic E-state index is 5.98. The number of thiazole rings is 1. The Balaban J connectivity index is 1.65. The normalized spacial score (nSPS) is 10.9. The van der Waals surface area contributed by atoms with Crippen LogP contribution in [0.2, 0.25) is 0 Å². The number of tetrazole rings is 1. The third-order valence-electron chi connectivity index (χ3n) is 3.49. The van der Waals surface area contributed by atoms with Gasteiger partial charge >= 0.3 is 0 Å². The van der Waals surface area contributed by atoms with E-state index in [1.54, 1.807) is 18.4 Å². The molecular weight excluding hydrogens is 310 g/mol. The van der Waals surface area contributed by atoms with Crippen molar-refractivity contribution < 1.29 is 4.74 Å². The highest BCUT2D eigenvalue weighted by molar-refractivity contribution is 7.09. The Morgan fingerprint density at radius 1 is 1.22 bits per heavy atom. The summed E-state index contributed by atoms with van der Waals surface area (Å²) in [4.78, 5) is 5.75. The minimum absolute atomic E-state index is 0.633. The van der Waals surface area contributed by atoms with E-state index in [9.17, 15) is 0 Å². The van der Waals surface area contributed by atoms with Crippen LogP contribution in [-0.2, 0) is 13.5 Å². The summed E-state index contributed by atoms with van der Waals surface area (Å²) in [5.74, 6) is 1.57. The summed E-state index contributed by atoms with van der Waals surface area (Å²) in [6.07, 6.45) is 3.76. The van der Waals surface area contributed by atoms with Gasteiger partial charge in [0.25, 0.3) is 0 Å². The molecule has 2 aromatic heterocycles. The Kier molecular flexibility index (Phi) is 4.66. The molecule has 0 amide bonds. The van der Waals surface area contributed by atoms with E-state index in [1.165, 1.54) is 4.80 Å². The first-order valence-corrected chi connectivity index (χ1v) is 8.38. The van der Waals surface area contributed by atoms with Crippen LogP contribution in [0.15, 0.2) is 23.7 Å². The quantitative estimate of drug-likeness (QED) is 0.651. The van der Waals surface area contributed by atoms with Gasteiger partial charge in [0.05, 0.1) is 18.7 Å². The number of aromatic nitrogens is 5. The molecule has 0 bridgehead atoms. The van der Waals surface area contributed by atoms with Gasteiger partial charge in [0.15, 0.2) is 0 Å². The Morgan fingerprint density at radius 2 is 2.00 bits per heavy atom. The maximum Gasteiger partial charge on any atom is 0.204 e. The molecule has 0 fully saturated rings. The Bertz CT molecular complexity index is 759. The van der Waals surface area contributed by atoms with Gasteiger partial charge < -0.3 is 4.74 Å². The van der Waals surface area contributed by atoms with Gasteiger partial charge in [-0.25, -0.2) is 4.98 Å². The molecule has 0 aliphatic carbocycles. The molecule has 1 aromatic carbocycles. The summed E-state index contributed by atoms with van der Waals surface area (Å²) in [5.41, 5.74) is 3.13. The fraction of sp³-hybridized carbons (Fsp3) is 0.375. The zero-order chi connectivity index (χ0) is 16.2. The van der Waals surface area contributed by atoms with Gasteiger partial charge in [-0.05, 0) is 48.7 Å². The number of rotatable bonds is 6. The standard InChI is InChI=1S/C16H19N5OS/c1-11-9-13(16-18-20-21(3)19-16)10-12(2)15(11)22-7-4-5-14-17-6-8-23-14/h6,8-10H,4-5,7H2,1-3H3. The van der Waals surface area contributed by atoms with E-state index in [-0.39, 0.29) is 0 Å².